The van der Waals surface area contributed by atoms with Gasteiger partial charge in [-0.2, -0.15) is 0 Å². The summed E-state index contributed by atoms with van der Waals surface area (Å²) in [6.45, 7) is 0.0964. The summed E-state index contributed by atoms with van der Waals surface area (Å²) in [4.78, 5) is 22.7. The van der Waals surface area contributed by atoms with E-state index in [1.54, 1.807) is 12.1 Å². The molecule has 0 saturated heterocycles. The molecule has 28 heavy (non-hydrogen) atoms. The summed E-state index contributed by atoms with van der Waals surface area (Å²) in [6, 6.07) is 15.5. The first-order valence-electron chi connectivity index (χ1n) is 8.43. The lowest BCUT2D eigenvalue weighted by atomic mass is 10.1. The number of carbonyl (C=O) groups excluding carboxylic acids is 2. The number of hydrogen-bond acceptors (Lipinski definition) is 5. The topological polar surface area (TPSA) is 122 Å². The van der Waals surface area contributed by atoms with Gasteiger partial charge in [-0.25, -0.2) is 4.39 Å². The number of hydrogen-bond donors (Lipinski definition) is 5. The fourth-order valence-electron chi connectivity index (χ4n) is 2.35. The second kappa shape index (κ2) is 10.3. The van der Waals surface area contributed by atoms with Gasteiger partial charge in [-0.1, -0.05) is 41.9 Å². The highest BCUT2D eigenvalue weighted by Crippen LogP contribution is 2.21. The normalized spacial score (nSPS) is 15.0. The molecule has 2 amide bonds. The zero-order chi connectivity index (χ0) is 20.5. The standard InChI is InChI=1S/C13H16FN5O2.C6H5Cl/c14-8-4-2-1-3-7(8)10-11(19-13(16)18-10)12(21)17-6-5-9(15)20;7-6-4-2-1-3-5-6/h1-4,13,18-19H,5-6,16H2,(H2,15,20)(H,17,21);1-5H. The quantitative estimate of drug-likeness (QED) is 0.512. The van der Waals surface area contributed by atoms with Gasteiger partial charge in [0.1, 0.15) is 11.5 Å². The van der Waals surface area contributed by atoms with E-state index in [4.69, 9.17) is 23.1 Å². The lowest BCUT2D eigenvalue weighted by Crippen LogP contribution is -2.43. The Balaban J connectivity index is 0.000000336. The van der Waals surface area contributed by atoms with Crippen LogP contribution in [-0.2, 0) is 9.59 Å². The smallest absolute Gasteiger partial charge is 0.269 e. The minimum absolute atomic E-state index is 0.0214. The summed E-state index contributed by atoms with van der Waals surface area (Å²) in [6.07, 6.45) is -0.676. The van der Waals surface area contributed by atoms with Crippen LogP contribution in [0.5, 0.6) is 0 Å². The molecule has 3 rings (SSSR count). The molecule has 1 aliphatic rings. The van der Waals surface area contributed by atoms with Crippen molar-refractivity contribution in [3.63, 3.8) is 0 Å². The van der Waals surface area contributed by atoms with Crippen molar-refractivity contribution >= 4 is 29.1 Å². The zero-order valence-electron chi connectivity index (χ0n) is 14.9. The maximum absolute atomic E-state index is 13.8. The average molecular weight is 406 g/mol. The Labute approximate surface area is 166 Å². The molecule has 148 valence electrons. The Morgan fingerprint density at radius 3 is 2.29 bits per heavy atom. The summed E-state index contributed by atoms with van der Waals surface area (Å²) >= 11 is 5.54. The second-order valence-electron chi connectivity index (χ2n) is 5.76. The molecule has 0 fully saturated rings. The fourth-order valence-corrected chi connectivity index (χ4v) is 2.49. The fraction of sp³-hybridized carbons (Fsp3) is 0.158. The predicted molar refractivity (Wildman–Crippen MR) is 106 cm³/mol. The average Bonchev–Trinajstić information content (AvgIpc) is 3.04. The van der Waals surface area contributed by atoms with Crippen LogP contribution in [0.1, 0.15) is 12.0 Å². The van der Waals surface area contributed by atoms with Gasteiger partial charge >= 0.3 is 0 Å². The third-order valence-electron chi connectivity index (χ3n) is 3.61. The van der Waals surface area contributed by atoms with Gasteiger partial charge in [-0.3, -0.25) is 15.3 Å². The molecule has 0 aromatic heterocycles. The lowest BCUT2D eigenvalue weighted by Gasteiger charge is -2.08. The summed E-state index contributed by atoms with van der Waals surface area (Å²) in [5.41, 5.74) is 11.3. The highest BCUT2D eigenvalue weighted by molar-refractivity contribution is 6.30. The van der Waals surface area contributed by atoms with Crippen molar-refractivity contribution in [3.05, 3.63) is 76.7 Å². The highest BCUT2D eigenvalue weighted by Gasteiger charge is 2.27. The minimum Gasteiger partial charge on any atom is -0.370 e. The molecule has 2 aromatic carbocycles. The third-order valence-corrected chi connectivity index (χ3v) is 3.86. The molecule has 2 aromatic rings. The number of rotatable bonds is 5. The first-order valence-corrected chi connectivity index (χ1v) is 8.81. The molecule has 0 bridgehead atoms. The largest absolute Gasteiger partial charge is 0.370 e. The molecule has 7 nitrogen and oxygen atoms in total. The Morgan fingerprint density at radius 2 is 1.71 bits per heavy atom. The predicted octanol–water partition coefficient (Wildman–Crippen LogP) is 1.26. The summed E-state index contributed by atoms with van der Waals surface area (Å²) in [5, 5.41) is 8.83. The van der Waals surface area contributed by atoms with Crippen molar-refractivity contribution in [3.8, 4) is 0 Å². The molecule has 0 saturated carbocycles. The molecule has 1 unspecified atom stereocenters. The van der Waals surface area contributed by atoms with Gasteiger partial charge in [-0.05, 0) is 24.3 Å². The highest BCUT2D eigenvalue weighted by atomic mass is 35.5. The number of primary amides is 1. The van der Waals surface area contributed by atoms with Crippen molar-refractivity contribution in [1.82, 2.24) is 16.0 Å². The molecule has 9 heteroatoms. The molecule has 0 spiro atoms. The van der Waals surface area contributed by atoms with E-state index in [9.17, 15) is 14.0 Å². The molecular weight excluding hydrogens is 385 g/mol. The maximum atomic E-state index is 13.8. The molecule has 1 atom stereocenters. The zero-order valence-corrected chi connectivity index (χ0v) is 15.7. The van der Waals surface area contributed by atoms with Crippen LogP contribution < -0.4 is 27.4 Å². The molecule has 0 aliphatic carbocycles. The number of amides is 2. The van der Waals surface area contributed by atoms with Crippen molar-refractivity contribution in [2.24, 2.45) is 11.5 Å². The van der Waals surface area contributed by atoms with Crippen LogP contribution in [0.3, 0.4) is 0 Å². The Kier molecular flexibility index (Phi) is 7.79. The number of halogens is 2. The number of carbonyl (C=O) groups is 2. The van der Waals surface area contributed by atoms with Crippen LogP contribution in [0.4, 0.5) is 4.39 Å². The SMILES string of the molecule is Clc1ccccc1.NC(=O)CCNC(=O)C1=C(c2ccccc2F)NC(N)N1. The van der Waals surface area contributed by atoms with Gasteiger partial charge in [-0.15, -0.1) is 0 Å². The van der Waals surface area contributed by atoms with Gasteiger partial charge in [0.2, 0.25) is 5.91 Å². The van der Waals surface area contributed by atoms with E-state index in [-0.39, 0.29) is 29.9 Å². The van der Waals surface area contributed by atoms with Crippen molar-refractivity contribution in [2.75, 3.05) is 6.54 Å². The molecule has 0 radical (unpaired) electrons. The molecular formula is C19H21ClFN5O2. The summed E-state index contributed by atoms with van der Waals surface area (Å²) in [5.74, 6) is -1.49. The monoisotopic (exact) mass is 405 g/mol. The number of nitrogens with two attached hydrogens (primary N) is 2. The third kappa shape index (κ3) is 6.26. The summed E-state index contributed by atoms with van der Waals surface area (Å²) < 4.78 is 13.8. The minimum atomic E-state index is -0.698. The maximum Gasteiger partial charge on any atom is 0.269 e. The lowest BCUT2D eigenvalue weighted by molar-refractivity contribution is -0.119. The van der Waals surface area contributed by atoms with E-state index in [2.05, 4.69) is 16.0 Å². The van der Waals surface area contributed by atoms with Crippen LogP contribution in [0.15, 0.2) is 60.3 Å². The molecule has 1 aliphatic heterocycles. The second-order valence-corrected chi connectivity index (χ2v) is 6.20. The van der Waals surface area contributed by atoms with Crippen LogP contribution in [0.25, 0.3) is 5.70 Å². The van der Waals surface area contributed by atoms with Crippen molar-refractivity contribution < 1.29 is 14.0 Å². The number of benzene rings is 2. The van der Waals surface area contributed by atoms with Crippen molar-refractivity contribution in [1.29, 1.82) is 0 Å². The first kappa shape index (κ1) is 21.2. The van der Waals surface area contributed by atoms with E-state index in [0.717, 1.165) is 5.02 Å². The van der Waals surface area contributed by atoms with Gasteiger partial charge < -0.3 is 21.7 Å². The molecule has 1 heterocycles. The van der Waals surface area contributed by atoms with Gasteiger partial charge in [0.15, 0.2) is 6.29 Å². The van der Waals surface area contributed by atoms with Gasteiger partial charge in [0.05, 0.1) is 5.70 Å². The van der Waals surface area contributed by atoms with Gasteiger partial charge in [0, 0.05) is 23.6 Å². The Hall–Kier alpha value is -3.10. The van der Waals surface area contributed by atoms with Crippen LogP contribution in [-0.4, -0.2) is 24.6 Å². The van der Waals surface area contributed by atoms with Crippen molar-refractivity contribution in [2.45, 2.75) is 12.7 Å². The van der Waals surface area contributed by atoms with Gasteiger partial charge in [0.25, 0.3) is 5.91 Å². The number of nitrogens with one attached hydrogen (secondary N) is 3. The first-order chi connectivity index (χ1) is 13.4. The van der Waals surface area contributed by atoms with E-state index >= 15 is 0 Å². The Morgan fingerprint density at radius 1 is 1.07 bits per heavy atom. The van der Waals surface area contributed by atoms with E-state index in [1.807, 2.05) is 30.3 Å². The van der Waals surface area contributed by atoms with Crippen LogP contribution in [0.2, 0.25) is 5.02 Å². The summed E-state index contributed by atoms with van der Waals surface area (Å²) in [7, 11) is 0. The van der Waals surface area contributed by atoms with E-state index in [1.165, 1.54) is 12.1 Å². The Bertz CT molecular complexity index is 860. The van der Waals surface area contributed by atoms with Crippen LogP contribution in [0, 0.1) is 5.82 Å². The molecule has 7 N–H and O–H groups in total. The van der Waals surface area contributed by atoms with E-state index < -0.39 is 23.9 Å². The van der Waals surface area contributed by atoms with E-state index in [0.29, 0.717) is 0 Å². The van der Waals surface area contributed by atoms with Crippen LogP contribution >= 0.6 is 11.6 Å².